The fourth-order valence-electron chi connectivity index (χ4n) is 1.67. The van der Waals surface area contributed by atoms with E-state index in [1.807, 2.05) is 33.8 Å². The van der Waals surface area contributed by atoms with Gasteiger partial charge in [-0.15, -0.1) is 0 Å². The molecule has 3 nitrogen and oxygen atoms in total. The number of pyridine rings is 1. The molecular weight excluding hydrogens is 226 g/mol. The number of nitrogens with zero attached hydrogens (tertiary/aromatic N) is 1. The van der Waals surface area contributed by atoms with Crippen LogP contribution >= 0.6 is 0 Å². The molecule has 3 heteroatoms. The lowest BCUT2D eigenvalue weighted by Gasteiger charge is -2.19. The maximum atomic E-state index is 11.9. The van der Waals surface area contributed by atoms with Gasteiger partial charge in [0.25, 0.3) is 0 Å². The zero-order valence-electron chi connectivity index (χ0n) is 12.2. The van der Waals surface area contributed by atoms with Crippen molar-refractivity contribution in [3.63, 3.8) is 0 Å². The molecule has 0 atom stereocenters. The second kappa shape index (κ2) is 5.51. The molecule has 0 saturated heterocycles. The van der Waals surface area contributed by atoms with Crippen LogP contribution in [0.1, 0.15) is 56.2 Å². The summed E-state index contributed by atoms with van der Waals surface area (Å²) in [6, 6.07) is 1.90. The van der Waals surface area contributed by atoms with E-state index in [1.54, 1.807) is 6.20 Å². The Labute approximate surface area is 110 Å². The van der Waals surface area contributed by atoms with Gasteiger partial charge in [-0.3, -0.25) is 4.98 Å². The first kappa shape index (κ1) is 14.7. The van der Waals surface area contributed by atoms with Crippen LogP contribution in [0.4, 0.5) is 0 Å². The van der Waals surface area contributed by atoms with E-state index in [0.29, 0.717) is 11.5 Å². The van der Waals surface area contributed by atoms with Gasteiger partial charge in [-0.2, -0.15) is 0 Å². The fraction of sp³-hybridized carbons (Fsp3) is 0.600. The van der Waals surface area contributed by atoms with Crippen molar-refractivity contribution in [3.05, 3.63) is 29.1 Å². The summed E-state index contributed by atoms with van der Waals surface area (Å²) in [7, 11) is 0. The number of esters is 1. The van der Waals surface area contributed by atoms with Gasteiger partial charge in [0.2, 0.25) is 0 Å². The molecule has 0 N–H and O–H groups in total. The molecule has 0 spiro atoms. The van der Waals surface area contributed by atoms with Gasteiger partial charge in [-0.25, -0.2) is 4.79 Å². The minimum Gasteiger partial charge on any atom is -0.456 e. The molecule has 0 aliphatic heterocycles. The number of aromatic nitrogens is 1. The topological polar surface area (TPSA) is 39.2 Å². The van der Waals surface area contributed by atoms with E-state index in [1.165, 1.54) is 0 Å². The van der Waals surface area contributed by atoms with Gasteiger partial charge in [0, 0.05) is 11.9 Å². The van der Waals surface area contributed by atoms with E-state index >= 15 is 0 Å². The smallest absolute Gasteiger partial charge is 0.340 e. The Balaban J connectivity index is 2.94. The van der Waals surface area contributed by atoms with Gasteiger partial charge in [-0.05, 0) is 51.7 Å². The molecule has 0 unspecified atom stereocenters. The molecule has 0 radical (unpaired) electrons. The Morgan fingerprint density at radius 2 is 2.00 bits per heavy atom. The normalized spacial score (nSPS) is 11.7. The quantitative estimate of drug-likeness (QED) is 0.769. The number of hydrogen-bond acceptors (Lipinski definition) is 3. The molecule has 0 aromatic carbocycles. The Hall–Kier alpha value is -1.38. The highest BCUT2D eigenvalue weighted by molar-refractivity contribution is 5.89. The van der Waals surface area contributed by atoms with Crippen LogP contribution in [-0.4, -0.2) is 16.6 Å². The van der Waals surface area contributed by atoms with Crippen molar-refractivity contribution in [2.24, 2.45) is 5.92 Å². The first-order chi connectivity index (χ1) is 8.19. The maximum Gasteiger partial charge on any atom is 0.340 e. The second-order valence-corrected chi connectivity index (χ2v) is 6.07. The minimum absolute atomic E-state index is 0.306. The summed E-state index contributed by atoms with van der Waals surface area (Å²) in [6.07, 6.45) is 2.52. The lowest BCUT2D eigenvalue weighted by molar-refractivity contribution is 0.00689. The van der Waals surface area contributed by atoms with Crippen molar-refractivity contribution in [2.45, 2.75) is 53.6 Å². The molecule has 18 heavy (non-hydrogen) atoms. The number of ether oxygens (including phenoxy) is 1. The third-order valence-electron chi connectivity index (χ3n) is 2.45. The third kappa shape index (κ3) is 4.47. The average Bonchev–Trinajstić information content (AvgIpc) is 2.17. The molecule has 0 saturated carbocycles. The SMILES string of the molecule is Cc1ncc(C(=O)OC(C)(C)C)cc1CC(C)C. The van der Waals surface area contributed by atoms with E-state index in [0.717, 1.165) is 17.7 Å². The Bertz CT molecular complexity index is 431. The Kier molecular flexibility index (Phi) is 4.49. The third-order valence-corrected chi connectivity index (χ3v) is 2.45. The first-order valence-electron chi connectivity index (χ1n) is 6.38. The van der Waals surface area contributed by atoms with Gasteiger partial charge in [0.1, 0.15) is 5.60 Å². The first-order valence-corrected chi connectivity index (χ1v) is 6.38. The molecule has 1 heterocycles. The van der Waals surface area contributed by atoms with E-state index in [9.17, 15) is 4.79 Å². The lowest BCUT2D eigenvalue weighted by atomic mass is 10.0. The fourth-order valence-corrected chi connectivity index (χ4v) is 1.67. The van der Waals surface area contributed by atoms with Crippen molar-refractivity contribution in [1.29, 1.82) is 0 Å². The summed E-state index contributed by atoms with van der Waals surface area (Å²) >= 11 is 0. The maximum absolute atomic E-state index is 11.9. The average molecular weight is 249 g/mol. The molecule has 0 aliphatic carbocycles. The van der Waals surface area contributed by atoms with Crippen LogP contribution in [0, 0.1) is 12.8 Å². The molecule has 100 valence electrons. The van der Waals surface area contributed by atoms with Crippen molar-refractivity contribution in [2.75, 3.05) is 0 Å². The summed E-state index contributed by atoms with van der Waals surface area (Å²) in [5, 5.41) is 0. The van der Waals surface area contributed by atoms with Crippen LogP contribution in [0.15, 0.2) is 12.3 Å². The number of rotatable bonds is 3. The highest BCUT2D eigenvalue weighted by atomic mass is 16.6. The summed E-state index contributed by atoms with van der Waals surface area (Å²) in [5.41, 5.74) is 2.16. The number of carbonyl (C=O) groups is 1. The molecule has 0 bridgehead atoms. The summed E-state index contributed by atoms with van der Waals surface area (Å²) < 4.78 is 5.34. The second-order valence-electron chi connectivity index (χ2n) is 6.07. The van der Waals surface area contributed by atoms with Crippen LogP contribution in [-0.2, 0) is 11.2 Å². The zero-order chi connectivity index (χ0) is 13.9. The molecule has 0 fully saturated rings. The summed E-state index contributed by atoms with van der Waals surface area (Å²) in [5.74, 6) is 0.236. The minimum atomic E-state index is -0.472. The number of aryl methyl sites for hydroxylation is 1. The zero-order valence-corrected chi connectivity index (χ0v) is 12.2. The van der Waals surface area contributed by atoms with E-state index in [-0.39, 0.29) is 5.97 Å². The highest BCUT2D eigenvalue weighted by Gasteiger charge is 2.19. The van der Waals surface area contributed by atoms with E-state index in [4.69, 9.17) is 4.74 Å². The molecular formula is C15H23NO2. The van der Waals surface area contributed by atoms with Crippen LogP contribution in [0.2, 0.25) is 0 Å². The van der Waals surface area contributed by atoms with Crippen LogP contribution < -0.4 is 0 Å². The van der Waals surface area contributed by atoms with Gasteiger partial charge in [0.05, 0.1) is 5.56 Å². The number of hydrogen-bond donors (Lipinski definition) is 0. The molecule has 1 aromatic heterocycles. The van der Waals surface area contributed by atoms with Crippen molar-refractivity contribution >= 4 is 5.97 Å². The summed E-state index contributed by atoms with van der Waals surface area (Å²) in [6.45, 7) is 11.9. The van der Waals surface area contributed by atoms with Crippen LogP contribution in [0.5, 0.6) is 0 Å². The highest BCUT2D eigenvalue weighted by Crippen LogP contribution is 2.16. The summed E-state index contributed by atoms with van der Waals surface area (Å²) in [4.78, 5) is 16.2. The van der Waals surface area contributed by atoms with Gasteiger partial charge < -0.3 is 4.74 Å². The Morgan fingerprint density at radius 1 is 1.39 bits per heavy atom. The molecule has 0 aliphatic rings. The largest absolute Gasteiger partial charge is 0.456 e. The van der Waals surface area contributed by atoms with Crippen LogP contribution in [0.25, 0.3) is 0 Å². The standard InChI is InChI=1S/C15H23NO2/c1-10(2)7-12-8-13(9-16-11(12)3)14(17)18-15(4,5)6/h8-10H,7H2,1-6H3. The van der Waals surface area contributed by atoms with Gasteiger partial charge >= 0.3 is 5.97 Å². The lowest BCUT2D eigenvalue weighted by Crippen LogP contribution is -2.24. The van der Waals surface area contributed by atoms with Crippen molar-refractivity contribution in [3.8, 4) is 0 Å². The van der Waals surface area contributed by atoms with Crippen LogP contribution in [0.3, 0.4) is 0 Å². The predicted octanol–water partition coefficient (Wildman–Crippen LogP) is 3.54. The van der Waals surface area contributed by atoms with Crippen molar-refractivity contribution in [1.82, 2.24) is 4.98 Å². The van der Waals surface area contributed by atoms with Crippen molar-refractivity contribution < 1.29 is 9.53 Å². The molecule has 0 amide bonds. The predicted molar refractivity (Wildman–Crippen MR) is 72.7 cm³/mol. The molecule has 1 aromatic rings. The molecule has 1 rings (SSSR count). The van der Waals surface area contributed by atoms with E-state index < -0.39 is 5.60 Å². The van der Waals surface area contributed by atoms with E-state index in [2.05, 4.69) is 18.8 Å². The van der Waals surface area contributed by atoms with Gasteiger partial charge in [0.15, 0.2) is 0 Å². The number of carbonyl (C=O) groups excluding carboxylic acids is 1. The Morgan fingerprint density at radius 3 is 2.50 bits per heavy atom. The van der Waals surface area contributed by atoms with Gasteiger partial charge in [-0.1, -0.05) is 13.8 Å². The monoisotopic (exact) mass is 249 g/mol.